The summed E-state index contributed by atoms with van der Waals surface area (Å²) in [6, 6.07) is 0.0177. The van der Waals surface area contributed by atoms with Gasteiger partial charge in [0.1, 0.15) is 6.17 Å². The summed E-state index contributed by atoms with van der Waals surface area (Å²) < 4.78 is 39.0. The highest BCUT2D eigenvalue weighted by Crippen LogP contribution is 2.34. The number of carbonyl (C=O) groups is 1. The van der Waals surface area contributed by atoms with E-state index in [4.69, 9.17) is 11.6 Å². The van der Waals surface area contributed by atoms with E-state index in [1.807, 2.05) is 0 Å². The molecule has 4 unspecified atom stereocenters. The Morgan fingerprint density at radius 3 is 2.63 bits per heavy atom. The van der Waals surface area contributed by atoms with Crippen LogP contribution in [0, 0.1) is 11.8 Å². The number of alkyl halides is 2. The molecule has 0 aromatic rings. The van der Waals surface area contributed by atoms with Gasteiger partial charge >= 0.3 is 0 Å². The average Bonchev–Trinajstić information content (AvgIpc) is 3.17. The lowest BCUT2D eigenvalue weighted by Gasteiger charge is -2.38. The summed E-state index contributed by atoms with van der Waals surface area (Å²) in [5.41, 5.74) is 2.23. The van der Waals surface area contributed by atoms with Gasteiger partial charge in [0.2, 0.25) is 15.9 Å². The molecule has 3 aliphatic rings. The van der Waals surface area contributed by atoms with Crippen LogP contribution >= 0.6 is 11.6 Å². The third-order valence-corrected chi connectivity index (χ3v) is 7.75. The van der Waals surface area contributed by atoms with Crippen molar-refractivity contribution in [1.29, 1.82) is 0 Å². The van der Waals surface area contributed by atoms with Gasteiger partial charge in [-0.3, -0.25) is 15.1 Å². The van der Waals surface area contributed by atoms with E-state index in [-0.39, 0.29) is 17.7 Å². The van der Waals surface area contributed by atoms with Crippen LogP contribution in [-0.2, 0) is 14.8 Å². The molecule has 1 amide bonds. The van der Waals surface area contributed by atoms with Crippen molar-refractivity contribution in [2.75, 3.05) is 25.5 Å². The first-order valence-corrected chi connectivity index (χ1v) is 12.0. The first-order valence-electron chi connectivity index (χ1n) is 9.88. The number of halogens is 2. The van der Waals surface area contributed by atoms with E-state index in [2.05, 4.69) is 20.5 Å². The zero-order chi connectivity index (χ0) is 19.4. The zero-order valence-corrected chi connectivity index (χ0v) is 17.1. The van der Waals surface area contributed by atoms with Gasteiger partial charge in [0, 0.05) is 25.8 Å². The minimum absolute atomic E-state index is 0.00277. The number of sulfonamides is 1. The number of rotatable bonds is 6. The molecule has 3 fully saturated rings. The second-order valence-corrected chi connectivity index (χ2v) is 10.4. The van der Waals surface area contributed by atoms with Gasteiger partial charge in [-0.2, -0.15) is 0 Å². The van der Waals surface area contributed by atoms with Crippen molar-refractivity contribution < 1.29 is 17.6 Å². The van der Waals surface area contributed by atoms with Crippen LogP contribution in [0.15, 0.2) is 0 Å². The van der Waals surface area contributed by atoms with E-state index in [1.165, 1.54) is 0 Å². The molecule has 0 radical (unpaired) electrons. The van der Waals surface area contributed by atoms with E-state index >= 15 is 0 Å². The van der Waals surface area contributed by atoms with Gasteiger partial charge in [0.05, 0.1) is 17.0 Å². The molecule has 10 heteroatoms. The van der Waals surface area contributed by atoms with Crippen molar-refractivity contribution in [3.05, 3.63) is 0 Å². The molecule has 3 rings (SSSR count). The molecule has 7 nitrogen and oxygen atoms in total. The normalized spacial score (nSPS) is 33.9. The summed E-state index contributed by atoms with van der Waals surface area (Å²) in [6.45, 7) is 2.40. The summed E-state index contributed by atoms with van der Waals surface area (Å²) in [7, 11) is -3.63. The van der Waals surface area contributed by atoms with Crippen LogP contribution in [0.2, 0.25) is 0 Å². The highest BCUT2D eigenvalue weighted by Gasteiger charge is 2.43. The third kappa shape index (κ3) is 5.76. The summed E-state index contributed by atoms with van der Waals surface area (Å²) in [5.74, 6) is -1.48. The first-order chi connectivity index (χ1) is 12.9. The van der Waals surface area contributed by atoms with E-state index < -0.39 is 33.4 Å². The smallest absolute Gasteiger partial charge is 0.241 e. The predicted octanol–water partition coefficient (Wildman–Crippen LogP) is 1.10. The van der Waals surface area contributed by atoms with E-state index in [1.54, 1.807) is 0 Å². The first kappa shape index (κ1) is 21.2. The average molecular weight is 425 g/mol. The molecule has 1 aliphatic heterocycles. The SMILES string of the molecule is O=C(NNS(=O)(=O)CC1CCCCC1)C1CC(N2CCNC2)CC(Cl)C1F. The van der Waals surface area contributed by atoms with Crippen molar-refractivity contribution in [1.82, 2.24) is 20.5 Å². The molecule has 2 saturated carbocycles. The predicted molar refractivity (Wildman–Crippen MR) is 102 cm³/mol. The van der Waals surface area contributed by atoms with Crippen molar-refractivity contribution in [2.24, 2.45) is 11.8 Å². The molecule has 4 atom stereocenters. The fourth-order valence-corrected chi connectivity index (χ4v) is 6.15. The van der Waals surface area contributed by atoms with E-state index in [0.717, 1.165) is 45.2 Å². The highest BCUT2D eigenvalue weighted by molar-refractivity contribution is 7.89. The largest absolute Gasteiger partial charge is 0.303 e. The highest BCUT2D eigenvalue weighted by atomic mass is 35.5. The Hall–Kier alpha value is -0.480. The minimum Gasteiger partial charge on any atom is -0.303 e. The number of carbonyl (C=O) groups excluding carboxylic acids is 1. The van der Waals surface area contributed by atoms with E-state index in [0.29, 0.717) is 19.5 Å². The van der Waals surface area contributed by atoms with Crippen molar-refractivity contribution in [2.45, 2.75) is 62.5 Å². The second kappa shape index (κ2) is 9.35. The molecule has 0 spiro atoms. The van der Waals surface area contributed by atoms with Gasteiger partial charge in [0.15, 0.2) is 0 Å². The maximum atomic E-state index is 14.5. The molecule has 2 aliphatic carbocycles. The summed E-state index contributed by atoms with van der Waals surface area (Å²) in [6.07, 6.45) is 4.36. The zero-order valence-electron chi connectivity index (χ0n) is 15.5. The van der Waals surface area contributed by atoms with Crippen LogP contribution in [0.3, 0.4) is 0 Å². The lowest BCUT2D eigenvalue weighted by molar-refractivity contribution is -0.129. The third-order valence-electron chi connectivity index (χ3n) is 6.01. The number of hydrazine groups is 1. The van der Waals surface area contributed by atoms with Crippen LogP contribution in [0.1, 0.15) is 44.9 Å². The van der Waals surface area contributed by atoms with Crippen molar-refractivity contribution in [3.63, 3.8) is 0 Å². The Balaban J connectivity index is 1.53. The quantitative estimate of drug-likeness (QED) is 0.439. The topological polar surface area (TPSA) is 90.5 Å². The van der Waals surface area contributed by atoms with Crippen LogP contribution in [-0.4, -0.2) is 62.3 Å². The Morgan fingerprint density at radius 1 is 1.22 bits per heavy atom. The molecule has 0 aromatic heterocycles. The summed E-state index contributed by atoms with van der Waals surface area (Å²) in [5, 5.41) is 2.47. The number of nitrogens with zero attached hydrogens (tertiary/aromatic N) is 1. The van der Waals surface area contributed by atoms with Crippen LogP contribution in [0.25, 0.3) is 0 Å². The molecule has 0 aromatic carbocycles. The maximum absolute atomic E-state index is 14.5. The van der Waals surface area contributed by atoms with Gasteiger partial charge in [-0.25, -0.2) is 12.8 Å². The number of hydrogen-bond donors (Lipinski definition) is 3. The minimum atomic E-state index is -3.63. The molecule has 1 heterocycles. The van der Waals surface area contributed by atoms with Crippen molar-refractivity contribution >= 4 is 27.5 Å². The van der Waals surface area contributed by atoms with Crippen molar-refractivity contribution in [3.8, 4) is 0 Å². The monoisotopic (exact) mass is 424 g/mol. The van der Waals surface area contributed by atoms with Crippen LogP contribution < -0.4 is 15.6 Å². The van der Waals surface area contributed by atoms with Crippen LogP contribution in [0.4, 0.5) is 4.39 Å². The number of hydrogen-bond acceptors (Lipinski definition) is 5. The number of nitrogens with one attached hydrogen (secondary N) is 3. The van der Waals surface area contributed by atoms with Gasteiger partial charge in [-0.05, 0) is 31.6 Å². The Kier molecular flexibility index (Phi) is 7.35. The molecule has 0 bridgehead atoms. The molecule has 27 heavy (non-hydrogen) atoms. The molecular formula is C17H30ClFN4O3S. The lowest BCUT2D eigenvalue weighted by Crippen LogP contribution is -2.53. The summed E-state index contributed by atoms with van der Waals surface area (Å²) in [4.78, 5) is 16.8. The lowest BCUT2D eigenvalue weighted by atomic mass is 9.82. The molecule has 1 saturated heterocycles. The molecule has 156 valence electrons. The van der Waals surface area contributed by atoms with Gasteiger partial charge < -0.3 is 5.32 Å². The summed E-state index contributed by atoms with van der Waals surface area (Å²) >= 11 is 6.16. The molecule has 3 N–H and O–H groups in total. The molecular weight excluding hydrogens is 395 g/mol. The van der Waals surface area contributed by atoms with Gasteiger partial charge in [-0.15, -0.1) is 16.4 Å². The fourth-order valence-electron chi connectivity index (χ4n) is 4.47. The Labute approximate surface area is 165 Å². The number of amides is 1. The van der Waals surface area contributed by atoms with Gasteiger partial charge in [0.25, 0.3) is 0 Å². The Bertz CT molecular complexity index is 611. The fraction of sp³-hybridized carbons (Fsp3) is 0.941. The standard InChI is InChI=1S/C17H30ClFN4O3S/c18-15-9-13(23-7-6-20-11-23)8-14(16(15)19)17(24)21-22-27(25,26)10-12-4-2-1-3-5-12/h12-16,20,22H,1-11H2,(H,21,24). The maximum Gasteiger partial charge on any atom is 0.241 e. The van der Waals surface area contributed by atoms with Gasteiger partial charge in [-0.1, -0.05) is 19.3 Å². The second-order valence-electron chi connectivity index (χ2n) is 8.04. The van der Waals surface area contributed by atoms with E-state index in [9.17, 15) is 17.6 Å². The van der Waals surface area contributed by atoms with Crippen LogP contribution in [0.5, 0.6) is 0 Å². The Morgan fingerprint density at radius 2 is 1.96 bits per heavy atom.